The van der Waals surface area contributed by atoms with Crippen LogP contribution in [0.1, 0.15) is 45.0 Å². The Labute approximate surface area is 122 Å². The summed E-state index contributed by atoms with van der Waals surface area (Å²) in [5.74, 6) is 0. The summed E-state index contributed by atoms with van der Waals surface area (Å²) in [7, 11) is 0. The molecule has 114 valence electrons. The van der Waals surface area contributed by atoms with E-state index in [1.807, 2.05) is 0 Å². The quantitative estimate of drug-likeness (QED) is 0.743. The van der Waals surface area contributed by atoms with Crippen LogP contribution in [0, 0.1) is 5.41 Å². The highest BCUT2D eigenvalue weighted by atomic mass is 16.5. The summed E-state index contributed by atoms with van der Waals surface area (Å²) in [5.41, 5.74) is 2.83. The van der Waals surface area contributed by atoms with E-state index < -0.39 is 0 Å². The first-order chi connectivity index (χ1) is 9.73. The van der Waals surface area contributed by atoms with E-state index in [0.717, 1.165) is 52.1 Å². The number of aromatic nitrogens is 2. The SMILES string of the molecule is CCCNCC1(Cc2cc(CC)nn2CC)CCOC1. The van der Waals surface area contributed by atoms with E-state index in [1.165, 1.54) is 17.8 Å². The van der Waals surface area contributed by atoms with Crippen LogP contribution in [0.25, 0.3) is 0 Å². The molecule has 20 heavy (non-hydrogen) atoms. The lowest BCUT2D eigenvalue weighted by Crippen LogP contribution is -2.37. The fourth-order valence-corrected chi connectivity index (χ4v) is 3.01. The second-order valence-corrected chi connectivity index (χ2v) is 5.95. The van der Waals surface area contributed by atoms with Crippen molar-refractivity contribution in [2.45, 2.75) is 53.0 Å². The number of nitrogens with one attached hydrogen (secondary N) is 1. The van der Waals surface area contributed by atoms with Crippen LogP contribution in [-0.2, 0) is 24.1 Å². The summed E-state index contributed by atoms with van der Waals surface area (Å²) in [6, 6.07) is 2.28. The zero-order chi connectivity index (χ0) is 14.4. The summed E-state index contributed by atoms with van der Waals surface area (Å²) in [5, 5.41) is 8.26. The van der Waals surface area contributed by atoms with Gasteiger partial charge in [0, 0.05) is 30.8 Å². The fourth-order valence-electron chi connectivity index (χ4n) is 3.01. The summed E-state index contributed by atoms with van der Waals surface area (Å²) in [4.78, 5) is 0. The second-order valence-electron chi connectivity index (χ2n) is 5.95. The number of hydrogen-bond acceptors (Lipinski definition) is 3. The highest BCUT2D eigenvalue weighted by Gasteiger charge is 2.35. The normalized spacial score (nSPS) is 22.6. The lowest BCUT2D eigenvalue weighted by atomic mass is 9.82. The molecule has 4 nitrogen and oxygen atoms in total. The molecule has 2 heterocycles. The Kier molecular flexibility index (Phi) is 5.61. The first-order valence-electron chi connectivity index (χ1n) is 8.07. The number of rotatable bonds is 8. The second kappa shape index (κ2) is 7.23. The Bertz CT molecular complexity index is 408. The van der Waals surface area contributed by atoms with E-state index in [0.29, 0.717) is 0 Å². The van der Waals surface area contributed by atoms with Gasteiger partial charge in [0.2, 0.25) is 0 Å². The maximum atomic E-state index is 5.70. The van der Waals surface area contributed by atoms with Gasteiger partial charge in [0.15, 0.2) is 0 Å². The molecule has 1 unspecified atom stereocenters. The number of hydrogen-bond donors (Lipinski definition) is 1. The van der Waals surface area contributed by atoms with Gasteiger partial charge >= 0.3 is 0 Å². The highest BCUT2D eigenvalue weighted by molar-refractivity contribution is 5.13. The minimum absolute atomic E-state index is 0.257. The predicted molar refractivity (Wildman–Crippen MR) is 82.0 cm³/mol. The van der Waals surface area contributed by atoms with Gasteiger partial charge in [-0.25, -0.2) is 0 Å². The van der Waals surface area contributed by atoms with Crippen molar-refractivity contribution in [2.75, 3.05) is 26.3 Å². The average Bonchev–Trinajstić information content (AvgIpc) is 3.07. The standard InChI is InChI=1S/C16H29N3O/c1-4-8-17-12-16(7-9-20-13-16)11-15-10-14(5-2)18-19(15)6-3/h10,17H,4-9,11-13H2,1-3H3. The van der Waals surface area contributed by atoms with Gasteiger partial charge in [-0.1, -0.05) is 13.8 Å². The van der Waals surface area contributed by atoms with Gasteiger partial charge < -0.3 is 10.1 Å². The van der Waals surface area contributed by atoms with Crippen LogP contribution in [0.4, 0.5) is 0 Å². The summed E-state index contributed by atoms with van der Waals surface area (Å²) >= 11 is 0. The zero-order valence-electron chi connectivity index (χ0n) is 13.2. The molecule has 0 amide bonds. The number of aryl methyl sites for hydroxylation is 2. The molecule has 1 aromatic rings. The maximum absolute atomic E-state index is 5.70. The number of ether oxygens (including phenoxy) is 1. The minimum atomic E-state index is 0.257. The number of nitrogens with zero attached hydrogens (tertiary/aromatic N) is 2. The van der Waals surface area contributed by atoms with Gasteiger partial charge in [-0.3, -0.25) is 4.68 Å². The van der Waals surface area contributed by atoms with Crippen LogP contribution in [0.3, 0.4) is 0 Å². The topological polar surface area (TPSA) is 39.1 Å². The first kappa shape index (κ1) is 15.5. The monoisotopic (exact) mass is 279 g/mol. The summed E-state index contributed by atoms with van der Waals surface area (Å²) in [6.45, 7) is 11.4. The van der Waals surface area contributed by atoms with Gasteiger partial charge in [0.1, 0.15) is 0 Å². The van der Waals surface area contributed by atoms with Crippen LogP contribution >= 0.6 is 0 Å². The van der Waals surface area contributed by atoms with Crippen molar-refractivity contribution in [3.05, 3.63) is 17.5 Å². The van der Waals surface area contributed by atoms with Gasteiger partial charge in [-0.15, -0.1) is 0 Å². The molecule has 1 N–H and O–H groups in total. The van der Waals surface area contributed by atoms with Crippen LogP contribution in [0.15, 0.2) is 6.07 Å². The van der Waals surface area contributed by atoms with Gasteiger partial charge in [-0.2, -0.15) is 5.10 Å². The Hall–Kier alpha value is -0.870. The van der Waals surface area contributed by atoms with Crippen LogP contribution in [0.2, 0.25) is 0 Å². The van der Waals surface area contributed by atoms with Crippen molar-refractivity contribution in [3.63, 3.8) is 0 Å². The van der Waals surface area contributed by atoms with E-state index in [1.54, 1.807) is 0 Å². The molecule has 1 saturated heterocycles. The molecule has 1 atom stereocenters. The van der Waals surface area contributed by atoms with Crippen molar-refractivity contribution >= 4 is 0 Å². The molecule has 0 spiro atoms. The van der Waals surface area contributed by atoms with Gasteiger partial charge in [0.05, 0.1) is 12.3 Å². The van der Waals surface area contributed by atoms with E-state index in [9.17, 15) is 0 Å². The lowest BCUT2D eigenvalue weighted by molar-refractivity contribution is 0.148. The van der Waals surface area contributed by atoms with Crippen LogP contribution in [0.5, 0.6) is 0 Å². The Balaban J connectivity index is 2.09. The molecule has 0 radical (unpaired) electrons. The zero-order valence-corrected chi connectivity index (χ0v) is 13.2. The lowest BCUT2D eigenvalue weighted by Gasteiger charge is -2.28. The largest absolute Gasteiger partial charge is 0.381 e. The smallest absolute Gasteiger partial charge is 0.0624 e. The Morgan fingerprint density at radius 1 is 1.40 bits per heavy atom. The first-order valence-corrected chi connectivity index (χ1v) is 8.07. The molecular weight excluding hydrogens is 250 g/mol. The van der Waals surface area contributed by atoms with Crippen LogP contribution in [-0.4, -0.2) is 36.1 Å². The van der Waals surface area contributed by atoms with Crippen molar-refractivity contribution in [2.24, 2.45) is 5.41 Å². The third kappa shape index (κ3) is 3.61. The average molecular weight is 279 g/mol. The van der Waals surface area contributed by atoms with E-state index in [2.05, 4.69) is 41.9 Å². The van der Waals surface area contributed by atoms with Crippen molar-refractivity contribution < 1.29 is 4.74 Å². The molecule has 0 bridgehead atoms. The Morgan fingerprint density at radius 3 is 2.85 bits per heavy atom. The molecule has 1 aromatic heterocycles. The van der Waals surface area contributed by atoms with Crippen LogP contribution < -0.4 is 5.32 Å². The van der Waals surface area contributed by atoms with Crippen molar-refractivity contribution in [1.29, 1.82) is 0 Å². The maximum Gasteiger partial charge on any atom is 0.0624 e. The summed E-state index contributed by atoms with van der Waals surface area (Å²) < 4.78 is 7.87. The highest BCUT2D eigenvalue weighted by Crippen LogP contribution is 2.32. The molecule has 1 fully saturated rings. The molecule has 0 saturated carbocycles. The van der Waals surface area contributed by atoms with E-state index >= 15 is 0 Å². The van der Waals surface area contributed by atoms with E-state index in [-0.39, 0.29) is 5.41 Å². The third-order valence-electron chi connectivity index (χ3n) is 4.24. The minimum Gasteiger partial charge on any atom is -0.381 e. The molecule has 0 aromatic carbocycles. The Morgan fingerprint density at radius 2 is 2.25 bits per heavy atom. The molecule has 1 aliphatic rings. The predicted octanol–water partition coefficient (Wildman–Crippen LogP) is 2.41. The van der Waals surface area contributed by atoms with Gasteiger partial charge in [0.25, 0.3) is 0 Å². The third-order valence-corrected chi connectivity index (χ3v) is 4.24. The molecule has 2 rings (SSSR count). The van der Waals surface area contributed by atoms with Crippen molar-refractivity contribution in [3.8, 4) is 0 Å². The summed E-state index contributed by atoms with van der Waals surface area (Å²) in [6.07, 6.45) is 4.42. The molecule has 0 aliphatic carbocycles. The molecule has 4 heteroatoms. The molecular formula is C16H29N3O. The van der Waals surface area contributed by atoms with E-state index in [4.69, 9.17) is 4.74 Å². The fraction of sp³-hybridized carbons (Fsp3) is 0.812. The van der Waals surface area contributed by atoms with Gasteiger partial charge in [-0.05, 0) is 45.2 Å². The van der Waals surface area contributed by atoms with Crippen molar-refractivity contribution in [1.82, 2.24) is 15.1 Å². The molecule has 1 aliphatic heterocycles.